The van der Waals surface area contributed by atoms with Crippen LogP contribution in [-0.4, -0.2) is 11.4 Å². The van der Waals surface area contributed by atoms with E-state index < -0.39 is 0 Å². The number of aromatic nitrogens is 1. The monoisotopic (exact) mass is 251 g/mol. The third kappa shape index (κ3) is 1.74. The summed E-state index contributed by atoms with van der Waals surface area (Å²) in [4.78, 5) is 0. The summed E-state index contributed by atoms with van der Waals surface area (Å²) in [7, 11) is 0. The summed E-state index contributed by atoms with van der Waals surface area (Å²) in [6, 6.07) is 16.7. The molecule has 3 aromatic rings. The fourth-order valence-corrected chi connectivity index (χ4v) is 2.51. The Morgan fingerprint density at radius 1 is 0.947 bits per heavy atom. The summed E-state index contributed by atoms with van der Waals surface area (Å²) in [5.41, 5.74) is 2.46. The van der Waals surface area contributed by atoms with Gasteiger partial charge in [-0.1, -0.05) is 24.3 Å². The number of rotatable bonds is 2. The average Bonchev–Trinajstić information content (AvgIpc) is 3.06. The van der Waals surface area contributed by atoms with E-state index in [9.17, 15) is 0 Å². The number of hydrogen-bond donors (Lipinski definition) is 0. The van der Waals surface area contributed by atoms with Crippen molar-refractivity contribution in [3.63, 3.8) is 0 Å². The minimum absolute atomic E-state index is 0.325. The Labute approximate surface area is 111 Å². The van der Waals surface area contributed by atoms with Gasteiger partial charge < -0.3 is 14.0 Å². The molecule has 3 nitrogen and oxygen atoms in total. The van der Waals surface area contributed by atoms with Gasteiger partial charge in [-0.25, -0.2) is 0 Å². The van der Waals surface area contributed by atoms with Crippen molar-refractivity contribution in [2.75, 3.05) is 6.79 Å². The van der Waals surface area contributed by atoms with Crippen molar-refractivity contribution in [2.24, 2.45) is 0 Å². The van der Waals surface area contributed by atoms with E-state index in [1.165, 1.54) is 16.5 Å². The highest BCUT2D eigenvalue weighted by atomic mass is 16.7. The smallest absolute Gasteiger partial charge is 0.231 e. The molecule has 0 atom stereocenters. The normalized spacial score (nSPS) is 13.1. The van der Waals surface area contributed by atoms with E-state index in [-0.39, 0.29) is 0 Å². The molecule has 2 heterocycles. The van der Waals surface area contributed by atoms with Gasteiger partial charge in [0.15, 0.2) is 11.5 Å². The van der Waals surface area contributed by atoms with E-state index >= 15 is 0 Å². The quantitative estimate of drug-likeness (QED) is 0.696. The highest BCUT2D eigenvalue weighted by Crippen LogP contribution is 2.32. The van der Waals surface area contributed by atoms with Crippen LogP contribution < -0.4 is 9.47 Å². The van der Waals surface area contributed by atoms with Crippen LogP contribution in [0.3, 0.4) is 0 Å². The lowest BCUT2D eigenvalue weighted by atomic mass is 10.2. The first-order valence-electron chi connectivity index (χ1n) is 6.32. The summed E-state index contributed by atoms with van der Waals surface area (Å²) in [5, 5.41) is 1.27. The zero-order chi connectivity index (χ0) is 12.7. The van der Waals surface area contributed by atoms with Gasteiger partial charge in [0.1, 0.15) is 0 Å². The largest absolute Gasteiger partial charge is 0.454 e. The molecule has 0 N–H and O–H groups in total. The lowest BCUT2D eigenvalue weighted by molar-refractivity contribution is 0.174. The van der Waals surface area contributed by atoms with Crippen molar-refractivity contribution < 1.29 is 9.47 Å². The molecule has 94 valence electrons. The fourth-order valence-electron chi connectivity index (χ4n) is 2.51. The molecule has 0 unspecified atom stereocenters. The number of hydrogen-bond acceptors (Lipinski definition) is 2. The van der Waals surface area contributed by atoms with Gasteiger partial charge in [0.2, 0.25) is 6.79 Å². The van der Waals surface area contributed by atoms with Gasteiger partial charge in [0.05, 0.1) is 0 Å². The van der Waals surface area contributed by atoms with Gasteiger partial charge in [-0.15, -0.1) is 0 Å². The van der Waals surface area contributed by atoms with Crippen molar-refractivity contribution in [1.29, 1.82) is 0 Å². The number of fused-ring (bicyclic) bond motifs is 2. The number of nitrogens with zero attached hydrogens (tertiary/aromatic N) is 1. The Bertz CT molecular complexity index is 745. The second-order valence-corrected chi connectivity index (χ2v) is 4.69. The Morgan fingerprint density at radius 3 is 2.84 bits per heavy atom. The zero-order valence-corrected chi connectivity index (χ0v) is 10.4. The Hall–Kier alpha value is -2.42. The van der Waals surface area contributed by atoms with E-state index in [0.717, 1.165) is 18.0 Å². The molecule has 0 saturated heterocycles. The maximum atomic E-state index is 5.41. The van der Waals surface area contributed by atoms with E-state index in [1.807, 2.05) is 6.07 Å². The van der Waals surface area contributed by atoms with Crippen LogP contribution in [0.1, 0.15) is 5.56 Å². The summed E-state index contributed by atoms with van der Waals surface area (Å²) in [5.74, 6) is 1.68. The molecule has 0 bridgehead atoms. The predicted molar refractivity (Wildman–Crippen MR) is 73.6 cm³/mol. The molecule has 1 aliphatic heterocycles. The summed E-state index contributed by atoms with van der Waals surface area (Å²) in [6.45, 7) is 1.16. The third-order valence-corrected chi connectivity index (χ3v) is 3.47. The molecular weight excluding hydrogens is 238 g/mol. The third-order valence-electron chi connectivity index (χ3n) is 3.47. The topological polar surface area (TPSA) is 23.4 Å². The van der Waals surface area contributed by atoms with Gasteiger partial charge in [0, 0.05) is 18.3 Å². The molecule has 0 spiro atoms. The van der Waals surface area contributed by atoms with Crippen molar-refractivity contribution in [2.45, 2.75) is 6.54 Å². The molecular formula is C16H13NO2. The molecule has 1 aliphatic rings. The standard InChI is InChI=1S/C16H13NO2/c1-2-4-14-13(3-1)7-8-17(14)10-12-5-6-15-16(9-12)19-11-18-15/h1-9H,10-11H2. The summed E-state index contributed by atoms with van der Waals surface area (Å²) in [6.07, 6.45) is 2.12. The van der Waals surface area contributed by atoms with Crippen LogP contribution in [0.25, 0.3) is 10.9 Å². The molecule has 0 fully saturated rings. The Kier molecular flexibility index (Phi) is 2.24. The first kappa shape index (κ1) is 10.5. The second-order valence-electron chi connectivity index (χ2n) is 4.69. The average molecular weight is 251 g/mol. The minimum atomic E-state index is 0.325. The highest BCUT2D eigenvalue weighted by molar-refractivity contribution is 5.80. The van der Waals surface area contributed by atoms with Crippen LogP contribution in [0.15, 0.2) is 54.7 Å². The van der Waals surface area contributed by atoms with Crippen LogP contribution in [-0.2, 0) is 6.54 Å². The summed E-state index contributed by atoms with van der Waals surface area (Å²) >= 11 is 0. The van der Waals surface area contributed by atoms with Crippen molar-refractivity contribution in [3.05, 3.63) is 60.3 Å². The van der Waals surface area contributed by atoms with Crippen LogP contribution in [0.4, 0.5) is 0 Å². The van der Waals surface area contributed by atoms with Crippen LogP contribution in [0.2, 0.25) is 0 Å². The molecule has 0 saturated carbocycles. The molecule has 0 amide bonds. The zero-order valence-electron chi connectivity index (χ0n) is 10.4. The van der Waals surface area contributed by atoms with Gasteiger partial charge >= 0.3 is 0 Å². The number of para-hydroxylation sites is 1. The van der Waals surface area contributed by atoms with Crippen molar-refractivity contribution in [3.8, 4) is 11.5 Å². The number of benzene rings is 2. The van der Waals surface area contributed by atoms with E-state index in [1.54, 1.807) is 0 Å². The molecule has 1 aromatic heterocycles. The van der Waals surface area contributed by atoms with E-state index in [0.29, 0.717) is 6.79 Å². The van der Waals surface area contributed by atoms with Crippen LogP contribution >= 0.6 is 0 Å². The lowest BCUT2D eigenvalue weighted by Gasteiger charge is -2.06. The molecule has 2 aromatic carbocycles. The maximum Gasteiger partial charge on any atom is 0.231 e. The molecule has 0 aliphatic carbocycles. The fraction of sp³-hybridized carbons (Fsp3) is 0.125. The van der Waals surface area contributed by atoms with Gasteiger partial charge in [-0.3, -0.25) is 0 Å². The number of ether oxygens (including phenoxy) is 2. The van der Waals surface area contributed by atoms with Crippen molar-refractivity contribution >= 4 is 10.9 Å². The Morgan fingerprint density at radius 2 is 1.84 bits per heavy atom. The molecule has 19 heavy (non-hydrogen) atoms. The van der Waals surface area contributed by atoms with Gasteiger partial charge in [0.25, 0.3) is 0 Å². The van der Waals surface area contributed by atoms with Crippen LogP contribution in [0.5, 0.6) is 11.5 Å². The van der Waals surface area contributed by atoms with Gasteiger partial charge in [-0.2, -0.15) is 0 Å². The van der Waals surface area contributed by atoms with Crippen molar-refractivity contribution in [1.82, 2.24) is 4.57 Å². The summed E-state index contributed by atoms with van der Waals surface area (Å²) < 4.78 is 13.0. The molecule has 0 radical (unpaired) electrons. The maximum absolute atomic E-state index is 5.41. The molecule has 3 heteroatoms. The highest BCUT2D eigenvalue weighted by Gasteiger charge is 2.13. The SMILES string of the molecule is c1ccc2c(c1)ccn2Cc1ccc2c(c1)OCO2. The van der Waals surface area contributed by atoms with E-state index in [2.05, 4.69) is 53.2 Å². The second kappa shape index (κ2) is 4.05. The van der Waals surface area contributed by atoms with Crippen LogP contribution in [0, 0.1) is 0 Å². The minimum Gasteiger partial charge on any atom is -0.454 e. The first-order chi connectivity index (χ1) is 9.40. The predicted octanol–water partition coefficient (Wildman–Crippen LogP) is 3.42. The lowest BCUT2D eigenvalue weighted by Crippen LogP contribution is -1.97. The van der Waals surface area contributed by atoms with E-state index in [4.69, 9.17) is 9.47 Å². The Balaban J connectivity index is 1.71. The first-order valence-corrected chi connectivity index (χ1v) is 6.32. The molecule has 4 rings (SSSR count). The van der Waals surface area contributed by atoms with Gasteiger partial charge in [-0.05, 0) is 35.2 Å².